The average molecular weight is 295 g/mol. The monoisotopic (exact) mass is 295 g/mol. The molecule has 1 unspecified atom stereocenters. The Hall–Kier alpha value is -1.49. The van der Waals surface area contributed by atoms with Crippen molar-refractivity contribution in [2.24, 2.45) is 23.2 Å². The highest BCUT2D eigenvalue weighted by molar-refractivity contribution is 5.41. The lowest BCUT2D eigenvalue weighted by Gasteiger charge is -2.59. The summed E-state index contributed by atoms with van der Waals surface area (Å²) in [6.45, 7) is 4.44. The van der Waals surface area contributed by atoms with Gasteiger partial charge in [0.2, 0.25) is 0 Å². The average Bonchev–Trinajstić information content (AvgIpc) is 2.46. The van der Waals surface area contributed by atoms with Gasteiger partial charge in [-0.3, -0.25) is 0 Å². The Morgan fingerprint density at radius 3 is 2.27 bits per heavy atom. The number of nitriles is 1. The van der Waals surface area contributed by atoms with Gasteiger partial charge in [0, 0.05) is 0 Å². The SMILES string of the molecule is Cc1ccc(C(C)C23CC4CC(CC(C4)C2)C3)c(OC#N)c1. The third kappa shape index (κ3) is 2.14. The largest absolute Gasteiger partial charge is 0.388 e. The van der Waals surface area contributed by atoms with Gasteiger partial charge < -0.3 is 4.74 Å². The van der Waals surface area contributed by atoms with E-state index in [-0.39, 0.29) is 0 Å². The fraction of sp³-hybridized carbons (Fsp3) is 0.650. The highest BCUT2D eigenvalue weighted by Crippen LogP contribution is 2.65. The Labute approximate surface area is 133 Å². The third-order valence-electron chi connectivity index (χ3n) is 6.80. The fourth-order valence-electron chi connectivity index (χ4n) is 6.17. The minimum Gasteiger partial charge on any atom is -0.388 e. The lowest BCUT2D eigenvalue weighted by atomic mass is 9.46. The molecular weight excluding hydrogens is 270 g/mol. The van der Waals surface area contributed by atoms with Crippen LogP contribution in [0.15, 0.2) is 18.2 Å². The number of benzene rings is 1. The van der Waals surface area contributed by atoms with Crippen LogP contribution in [0.1, 0.15) is 62.5 Å². The molecule has 0 spiro atoms. The summed E-state index contributed by atoms with van der Waals surface area (Å²) in [6, 6.07) is 6.39. The molecule has 4 aliphatic carbocycles. The topological polar surface area (TPSA) is 33.0 Å². The molecule has 2 nitrogen and oxygen atoms in total. The van der Waals surface area contributed by atoms with Crippen LogP contribution in [-0.4, -0.2) is 0 Å². The molecule has 4 fully saturated rings. The summed E-state index contributed by atoms with van der Waals surface area (Å²) >= 11 is 0. The van der Waals surface area contributed by atoms with E-state index in [0.29, 0.717) is 11.3 Å². The second-order valence-corrected chi connectivity index (χ2v) is 8.24. The molecule has 22 heavy (non-hydrogen) atoms. The van der Waals surface area contributed by atoms with Crippen LogP contribution in [0, 0.1) is 41.6 Å². The molecule has 5 rings (SSSR count). The molecule has 0 heterocycles. The second-order valence-electron chi connectivity index (χ2n) is 8.24. The molecule has 1 aromatic rings. The smallest absolute Gasteiger partial charge is 0.292 e. The van der Waals surface area contributed by atoms with Gasteiger partial charge in [0.15, 0.2) is 0 Å². The molecule has 0 aromatic heterocycles. The summed E-state index contributed by atoms with van der Waals surface area (Å²) in [6.07, 6.45) is 10.5. The van der Waals surface area contributed by atoms with Gasteiger partial charge >= 0.3 is 0 Å². The summed E-state index contributed by atoms with van der Waals surface area (Å²) in [7, 11) is 0. The van der Waals surface area contributed by atoms with Crippen molar-refractivity contribution >= 4 is 0 Å². The number of nitrogens with zero attached hydrogens (tertiary/aromatic N) is 1. The number of ether oxygens (including phenoxy) is 1. The molecule has 2 heteroatoms. The van der Waals surface area contributed by atoms with E-state index in [1.54, 1.807) is 0 Å². The number of hydrogen-bond donors (Lipinski definition) is 0. The standard InChI is InChI=1S/C20H25NO/c1-13-3-4-18(19(5-13)22-12-21)14(2)20-9-15-6-16(10-20)8-17(7-15)11-20/h3-5,14-17H,6-11H2,1-2H3. The zero-order valence-electron chi connectivity index (χ0n) is 13.6. The zero-order chi connectivity index (χ0) is 15.3. The first-order chi connectivity index (χ1) is 10.6. The van der Waals surface area contributed by atoms with Gasteiger partial charge in [0.1, 0.15) is 5.75 Å². The summed E-state index contributed by atoms with van der Waals surface area (Å²) < 4.78 is 5.31. The van der Waals surface area contributed by atoms with E-state index in [1.807, 2.05) is 12.3 Å². The molecule has 116 valence electrons. The Morgan fingerprint density at radius 1 is 1.14 bits per heavy atom. The molecular formula is C20H25NO. The Bertz CT molecular complexity index is 592. The van der Waals surface area contributed by atoms with Crippen LogP contribution in [0.3, 0.4) is 0 Å². The van der Waals surface area contributed by atoms with Gasteiger partial charge in [0.05, 0.1) is 0 Å². The lowest BCUT2D eigenvalue weighted by Crippen LogP contribution is -2.48. The van der Waals surface area contributed by atoms with Gasteiger partial charge in [-0.1, -0.05) is 19.1 Å². The van der Waals surface area contributed by atoms with Crippen LogP contribution >= 0.6 is 0 Å². The zero-order valence-corrected chi connectivity index (χ0v) is 13.6. The number of rotatable bonds is 3. The van der Waals surface area contributed by atoms with Crippen molar-refractivity contribution in [1.82, 2.24) is 0 Å². The fourth-order valence-corrected chi connectivity index (χ4v) is 6.17. The molecule has 0 N–H and O–H groups in total. The van der Waals surface area contributed by atoms with Crippen molar-refractivity contribution < 1.29 is 4.74 Å². The number of hydrogen-bond acceptors (Lipinski definition) is 2. The normalized spacial score (nSPS) is 36.9. The van der Waals surface area contributed by atoms with E-state index in [0.717, 1.165) is 29.1 Å². The molecule has 1 aromatic carbocycles. The summed E-state index contributed by atoms with van der Waals surface area (Å²) in [5.74, 6) is 4.15. The van der Waals surface area contributed by atoms with E-state index in [4.69, 9.17) is 10.00 Å². The highest BCUT2D eigenvalue weighted by Gasteiger charge is 2.53. The van der Waals surface area contributed by atoms with E-state index in [9.17, 15) is 0 Å². The first-order valence-electron chi connectivity index (χ1n) is 8.76. The Balaban J connectivity index is 1.70. The van der Waals surface area contributed by atoms with Gasteiger partial charge in [-0.25, -0.2) is 0 Å². The molecule has 4 bridgehead atoms. The highest BCUT2D eigenvalue weighted by atomic mass is 16.5. The molecule has 1 atom stereocenters. The summed E-state index contributed by atoms with van der Waals surface area (Å²) in [4.78, 5) is 0. The van der Waals surface area contributed by atoms with E-state index in [2.05, 4.69) is 26.0 Å². The quantitative estimate of drug-likeness (QED) is 0.720. The maximum Gasteiger partial charge on any atom is 0.292 e. The van der Waals surface area contributed by atoms with Gasteiger partial charge in [0.25, 0.3) is 6.26 Å². The minimum atomic E-state index is 0.456. The summed E-state index contributed by atoms with van der Waals surface area (Å²) in [5.41, 5.74) is 2.86. The van der Waals surface area contributed by atoms with Crippen LogP contribution in [0.25, 0.3) is 0 Å². The molecule has 0 amide bonds. The van der Waals surface area contributed by atoms with Crippen LogP contribution < -0.4 is 4.74 Å². The van der Waals surface area contributed by atoms with E-state index < -0.39 is 0 Å². The number of aryl methyl sites for hydroxylation is 1. The predicted octanol–water partition coefficient (Wildman–Crippen LogP) is 5.17. The van der Waals surface area contributed by atoms with Gasteiger partial charge in [-0.15, -0.1) is 5.26 Å². The molecule has 0 aliphatic heterocycles. The van der Waals surface area contributed by atoms with Crippen molar-refractivity contribution in [2.75, 3.05) is 0 Å². The van der Waals surface area contributed by atoms with E-state index >= 15 is 0 Å². The van der Waals surface area contributed by atoms with Crippen molar-refractivity contribution in [2.45, 2.75) is 58.3 Å². The summed E-state index contributed by atoms with van der Waals surface area (Å²) in [5, 5.41) is 8.98. The predicted molar refractivity (Wildman–Crippen MR) is 86.4 cm³/mol. The van der Waals surface area contributed by atoms with Crippen molar-refractivity contribution in [3.63, 3.8) is 0 Å². The first kappa shape index (κ1) is 14.1. The van der Waals surface area contributed by atoms with Crippen molar-refractivity contribution in [3.8, 4) is 12.0 Å². The lowest BCUT2D eigenvalue weighted by molar-refractivity contribution is -0.0658. The third-order valence-corrected chi connectivity index (χ3v) is 6.80. The van der Waals surface area contributed by atoms with Crippen molar-refractivity contribution in [3.05, 3.63) is 29.3 Å². The molecule has 0 saturated heterocycles. The van der Waals surface area contributed by atoms with Crippen LogP contribution in [-0.2, 0) is 0 Å². The Kier molecular flexibility index (Phi) is 3.22. The Morgan fingerprint density at radius 2 is 1.73 bits per heavy atom. The van der Waals surface area contributed by atoms with Gasteiger partial charge in [-0.05, 0) is 91.7 Å². The minimum absolute atomic E-state index is 0.456. The van der Waals surface area contributed by atoms with Crippen LogP contribution in [0.2, 0.25) is 0 Å². The van der Waals surface area contributed by atoms with Crippen molar-refractivity contribution in [1.29, 1.82) is 5.26 Å². The molecule has 4 aliphatic rings. The molecule has 4 saturated carbocycles. The van der Waals surface area contributed by atoms with Gasteiger partial charge in [-0.2, -0.15) is 0 Å². The van der Waals surface area contributed by atoms with Crippen LogP contribution in [0.5, 0.6) is 5.75 Å². The first-order valence-corrected chi connectivity index (χ1v) is 8.76. The maximum absolute atomic E-state index is 8.98. The van der Waals surface area contributed by atoms with Crippen LogP contribution in [0.4, 0.5) is 0 Å². The maximum atomic E-state index is 8.98. The van der Waals surface area contributed by atoms with E-state index in [1.165, 1.54) is 44.1 Å². The molecule has 0 radical (unpaired) electrons. The second kappa shape index (κ2) is 5.01.